The van der Waals surface area contributed by atoms with Gasteiger partial charge in [0.15, 0.2) is 16.6 Å². The number of methoxy groups -OCH3 is 1. The predicted molar refractivity (Wildman–Crippen MR) is 96.1 cm³/mol. The number of nitrogens with one attached hydrogen (secondary N) is 2. The Balaban J connectivity index is 2.02. The Morgan fingerprint density at radius 3 is 2.62 bits per heavy atom. The average molecular weight is 347 g/mol. The molecule has 0 spiro atoms. The van der Waals surface area contributed by atoms with Crippen LogP contribution < -0.4 is 20.2 Å². The molecule has 2 rings (SSSR count). The van der Waals surface area contributed by atoms with Crippen molar-refractivity contribution in [3.05, 3.63) is 59.4 Å². The van der Waals surface area contributed by atoms with Crippen molar-refractivity contribution in [2.45, 2.75) is 6.61 Å². The van der Waals surface area contributed by atoms with Gasteiger partial charge in [-0.15, -0.1) is 0 Å². The number of hydrogen-bond acceptors (Lipinski definition) is 4. The van der Waals surface area contributed by atoms with Gasteiger partial charge in [0.05, 0.1) is 13.3 Å². The van der Waals surface area contributed by atoms with Gasteiger partial charge in [0.1, 0.15) is 12.4 Å². The van der Waals surface area contributed by atoms with Crippen LogP contribution in [0.1, 0.15) is 11.1 Å². The molecule has 0 saturated heterocycles. The van der Waals surface area contributed by atoms with Crippen LogP contribution in [0, 0.1) is 5.82 Å². The normalized spacial score (nSPS) is 10.5. The van der Waals surface area contributed by atoms with Crippen LogP contribution in [-0.2, 0) is 6.61 Å². The SMILES string of the molecule is CNC(=S)NN=Cc1ccc(OCc2ccc(F)cc2)c(OC)c1. The maximum absolute atomic E-state index is 12.9. The van der Waals surface area contributed by atoms with E-state index in [1.54, 1.807) is 44.6 Å². The highest BCUT2D eigenvalue weighted by Crippen LogP contribution is 2.28. The summed E-state index contributed by atoms with van der Waals surface area (Å²) in [5.74, 6) is 0.904. The molecule has 0 atom stereocenters. The van der Waals surface area contributed by atoms with Gasteiger partial charge >= 0.3 is 0 Å². The Hall–Kier alpha value is -2.67. The highest BCUT2D eigenvalue weighted by Gasteiger charge is 2.06. The molecule has 0 aromatic heterocycles. The van der Waals surface area contributed by atoms with Crippen molar-refractivity contribution in [1.29, 1.82) is 0 Å². The second-order valence-electron chi connectivity index (χ2n) is 4.77. The van der Waals surface area contributed by atoms with Gasteiger partial charge < -0.3 is 14.8 Å². The van der Waals surface area contributed by atoms with Crippen molar-refractivity contribution in [2.75, 3.05) is 14.2 Å². The van der Waals surface area contributed by atoms with Crippen LogP contribution in [0.15, 0.2) is 47.6 Å². The van der Waals surface area contributed by atoms with Crippen molar-refractivity contribution < 1.29 is 13.9 Å². The molecule has 7 heteroatoms. The van der Waals surface area contributed by atoms with Gasteiger partial charge in [-0.3, -0.25) is 5.43 Å². The Bertz CT molecular complexity index is 720. The standard InChI is InChI=1S/C17H18FN3O2S/c1-19-17(24)21-20-10-13-5-8-15(16(9-13)22-2)23-11-12-3-6-14(18)7-4-12/h3-10H,11H2,1-2H3,(H2,19,21,24). The molecule has 0 amide bonds. The third-order valence-corrected chi connectivity index (χ3v) is 3.40. The summed E-state index contributed by atoms with van der Waals surface area (Å²) in [7, 11) is 3.27. The van der Waals surface area contributed by atoms with Crippen molar-refractivity contribution in [3.8, 4) is 11.5 Å². The minimum absolute atomic E-state index is 0.272. The van der Waals surface area contributed by atoms with Gasteiger partial charge in [-0.2, -0.15) is 5.10 Å². The van der Waals surface area contributed by atoms with Crippen LogP contribution >= 0.6 is 12.2 Å². The molecule has 0 fully saturated rings. The number of ether oxygens (including phenoxy) is 2. The summed E-state index contributed by atoms with van der Waals surface area (Å²) in [6.07, 6.45) is 1.62. The van der Waals surface area contributed by atoms with E-state index < -0.39 is 0 Å². The first-order valence-corrected chi connectivity index (χ1v) is 7.59. The fourth-order valence-corrected chi connectivity index (χ4v) is 1.90. The summed E-state index contributed by atoms with van der Waals surface area (Å²) in [5.41, 5.74) is 4.37. The number of thiocarbonyl (C=S) groups is 1. The maximum Gasteiger partial charge on any atom is 0.186 e. The third kappa shape index (κ3) is 5.20. The molecule has 0 heterocycles. The molecule has 0 bridgehead atoms. The van der Waals surface area contributed by atoms with E-state index in [0.717, 1.165) is 11.1 Å². The number of benzene rings is 2. The van der Waals surface area contributed by atoms with Crippen molar-refractivity contribution in [3.63, 3.8) is 0 Å². The highest BCUT2D eigenvalue weighted by atomic mass is 32.1. The third-order valence-electron chi connectivity index (χ3n) is 3.10. The zero-order valence-corrected chi connectivity index (χ0v) is 14.2. The van der Waals surface area contributed by atoms with Gasteiger partial charge in [0.2, 0.25) is 0 Å². The lowest BCUT2D eigenvalue weighted by Gasteiger charge is -2.11. The number of rotatable bonds is 6. The molecule has 0 aliphatic rings. The number of nitrogens with zero attached hydrogens (tertiary/aromatic N) is 1. The lowest BCUT2D eigenvalue weighted by Crippen LogP contribution is -2.28. The molecule has 2 N–H and O–H groups in total. The van der Waals surface area contributed by atoms with E-state index in [9.17, 15) is 4.39 Å². The van der Waals surface area contributed by atoms with Crippen molar-refractivity contribution >= 4 is 23.5 Å². The van der Waals surface area contributed by atoms with Crippen molar-refractivity contribution in [2.24, 2.45) is 5.10 Å². The average Bonchev–Trinajstić information content (AvgIpc) is 2.61. The van der Waals surface area contributed by atoms with Crippen LogP contribution in [0.4, 0.5) is 4.39 Å². The molecule has 24 heavy (non-hydrogen) atoms. The minimum Gasteiger partial charge on any atom is -0.493 e. The molecule has 0 unspecified atom stereocenters. The second kappa shape index (κ2) is 8.83. The summed E-state index contributed by atoms with van der Waals surface area (Å²) in [5, 5.41) is 7.19. The van der Waals surface area contributed by atoms with Crippen LogP contribution in [0.3, 0.4) is 0 Å². The molecule has 2 aromatic carbocycles. The fourth-order valence-electron chi connectivity index (χ4n) is 1.85. The molecule has 0 radical (unpaired) electrons. The first kappa shape index (κ1) is 17.7. The summed E-state index contributed by atoms with van der Waals surface area (Å²) >= 11 is 4.92. The lowest BCUT2D eigenvalue weighted by molar-refractivity contribution is 0.284. The Kier molecular flexibility index (Phi) is 6.51. The summed E-state index contributed by atoms with van der Waals surface area (Å²) in [6, 6.07) is 11.6. The summed E-state index contributed by atoms with van der Waals surface area (Å²) in [6.45, 7) is 0.321. The van der Waals surface area contributed by atoms with E-state index >= 15 is 0 Å². The second-order valence-corrected chi connectivity index (χ2v) is 5.18. The maximum atomic E-state index is 12.9. The zero-order valence-electron chi connectivity index (χ0n) is 13.4. The van der Waals surface area contributed by atoms with Crippen LogP contribution in [0.2, 0.25) is 0 Å². The molecule has 2 aromatic rings. The molecule has 0 saturated carbocycles. The number of halogens is 1. The predicted octanol–water partition coefficient (Wildman–Crippen LogP) is 2.84. The zero-order chi connectivity index (χ0) is 17.4. The topological polar surface area (TPSA) is 54.9 Å². The van der Waals surface area contributed by atoms with Gasteiger partial charge in [-0.05, 0) is 53.7 Å². The van der Waals surface area contributed by atoms with Gasteiger partial charge in [-0.25, -0.2) is 4.39 Å². The van der Waals surface area contributed by atoms with E-state index in [0.29, 0.717) is 23.2 Å². The Morgan fingerprint density at radius 1 is 1.21 bits per heavy atom. The summed E-state index contributed by atoms with van der Waals surface area (Å²) < 4.78 is 24.0. The molecular formula is C17H18FN3O2S. The van der Waals surface area contributed by atoms with Gasteiger partial charge in [0.25, 0.3) is 0 Å². The monoisotopic (exact) mass is 347 g/mol. The van der Waals surface area contributed by atoms with E-state index in [4.69, 9.17) is 21.7 Å². The quantitative estimate of drug-likeness (QED) is 0.478. The van der Waals surface area contributed by atoms with Crippen LogP contribution in [0.25, 0.3) is 0 Å². The van der Waals surface area contributed by atoms with Gasteiger partial charge in [-0.1, -0.05) is 12.1 Å². The smallest absolute Gasteiger partial charge is 0.186 e. The van der Waals surface area contributed by atoms with Crippen LogP contribution in [-0.4, -0.2) is 25.5 Å². The lowest BCUT2D eigenvalue weighted by atomic mass is 10.2. The molecule has 0 aliphatic carbocycles. The highest BCUT2D eigenvalue weighted by molar-refractivity contribution is 7.80. The van der Waals surface area contributed by atoms with E-state index in [1.165, 1.54) is 12.1 Å². The van der Waals surface area contributed by atoms with E-state index in [2.05, 4.69) is 15.8 Å². The Labute approximate surface area is 145 Å². The molecule has 126 valence electrons. The molecule has 5 nitrogen and oxygen atoms in total. The fraction of sp³-hybridized carbons (Fsp3) is 0.176. The number of hydrazone groups is 1. The minimum atomic E-state index is -0.272. The van der Waals surface area contributed by atoms with Crippen LogP contribution in [0.5, 0.6) is 11.5 Å². The van der Waals surface area contributed by atoms with E-state index in [1.807, 2.05) is 6.07 Å². The molecular weight excluding hydrogens is 329 g/mol. The van der Waals surface area contributed by atoms with Crippen molar-refractivity contribution in [1.82, 2.24) is 10.7 Å². The first-order valence-electron chi connectivity index (χ1n) is 7.18. The largest absolute Gasteiger partial charge is 0.493 e. The number of hydrogen-bond donors (Lipinski definition) is 2. The van der Waals surface area contributed by atoms with E-state index in [-0.39, 0.29) is 5.82 Å². The van der Waals surface area contributed by atoms with Gasteiger partial charge in [0, 0.05) is 7.05 Å². The Morgan fingerprint density at radius 2 is 1.96 bits per heavy atom. The first-order chi connectivity index (χ1) is 11.6. The summed E-state index contributed by atoms with van der Waals surface area (Å²) in [4.78, 5) is 0. The molecule has 0 aliphatic heterocycles.